The van der Waals surface area contributed by atoms with Crippen molar-refractivity contribution in [3.63, 3.8) is 0 Å². The molecule has 3 N–H and O–H groups in total. The van der Waals surface area contributed by atoms with Crippen LogP contribution in [0, 0.1) is 0 Å². The van der Waals surface area contributed by atoms with Gasteiger partial charge in [-0.25, -0.2) is 4.57 Å². The quantitative estimate of drug-likeness (QED) is 0.0539. The van der Waals surface area contributed by atoms with Gasteiger partial charge in [-0.3, -0.25) is 18.6 Å². The van der Waals surface area contributed by atoms with Crippen molar-refractivity contribution in [2.75, 3.05) is 26.4 Å². The first-order chi connectivity index (χ1) is 18.2. The molecular weight excluding hydrogens is 515 g/mol. The zero-order valence-electron chi connectivity index (χ0n) is 23.4. The number of unbranched alkanes of at least 4 members (excludes halogenated alkanes) is 11. The number of phosphoric acid groups is 1. The summed E-state index contributed by atoms with van der Waals surface area (Å²) in [4.78, 5) is 34.2. The fourth-order valence-corrected chi connectivity index (χ4v) is 4.23. The third-order valence-corrected chi connectivity index (χ3v) is 6.65. The van der Waals surface area contributed by atoms with Crippen molar-refractivity contribution in [2.45, 2.75) is 122 Å². The average molecular weight is 567 g/mol. The van der Waals surface area contributed by atoms with Gasteiger partial charge in [-0.2, -0.15) is 0 Å². The Morgan fingerprint density at radius 2 is 1.37 bits per heavy atom. The van der Waals surface area contributed by atoms with Crippen molar-refractivity contribution in [3.8, 4) is 0 Å². The van der Waals surface area contributed by atoms with Gasteiger partial charge in [0.15, 0.2) is 6.10 Å². The Bertz CT molecular complexity index is 670. The molecule has 0 aromatic heterocycles. The van der Waals surface area contributed by atoms with Gasteiger partial charge in [0.25, 0.3) is 0 Å². The monoisotopic (exact) mass is 566 g/mol. The molecule has 11 heteroatoms. The van der Waals surface area contributed by atoms with Crippen molar-refractivity contribution in [1.82, 2.24) is 0 Å². The second kappa shape index (κ2) is 24.7. The summed E-state index contributed by atoms with van der Waals surface area (Å²) in [5.41, 5.74) is 0. The summed E-state index contributed by atoms with van der Waals surface area (Å²) in [7, 11) is -4.59. The number of esters is 2. The first-order valence-corrected chi connectivity index (χ1v) is 15.6. The van der Waals surface area contributed by atoms with Gasteiger partial charge in [0.05, 0.1) is 26.2 Å². The van der Waals surface area contributed by atoms with Crippen LogP contribution in [0.1, 0.15) is 110 Å². The fraction of sp³-hybridized carbons (Fsp3) is 0.852. The summed E-state index contributed by atoms with van der Waals surface area (Å²) in [5, 5.41) is 18.1. The maximum Gasteiger partial charge on any atom is 0.472 e. The molecule has 1 unspecified atom stereocenters. The van der Waals surface area contributed by atoms with Crippen LogP contribution in [-0.4, -0.2) is 65.7 Å². The van der Waals surface area contributed by atoms with E-state index in [1.165, 1.54) is 32.1 Å². The van der Waals surface area contributed by atoms with E-state index in [0.717, 1.165) is 44.9 Å². The molecule has 0 aliphatic heterocycles. The minimum atomic E-state index is -4.59. The van der Waals surface area contributed by atoms with Crippen molar-refractivity contribution in [3.05, 3.63) is 12.2 Å². The molecule has 0 saturated heterocycles. The summed E-state index contributed by atoms with van der Waals surface area (Å²) in [6, 6.07) is 0. The summed E-state index contributed by atoms with van der Waals surface area (Å²) < 4.78 is 32.0. The van der Waals surface area contributed by atoms with Gasteiger partial charge in [0.2, 0.25) is 0 Å². The molecule has 0 aromatic carbocycles. The Morgan fingerprint density at radius 1 is 0.789 bits per heavy atom. The summed E-state index contributed by atoms with van der Waals surface area (Å²) in [6.45, 7) is 2.14. The SMILES string of the molecule is CCCCC/C=C\CC(=O)OC[C@H](COP(=O)(O)OC[C@@H](O)CO)OC(=O)CCCCCCCCCCC. The number of ether oxygens (including phenoxy) is 2. The topological polar surface area (TPSA) is 149 Å². The molecule has 0 radical (unpaired) electrons. The van der Waals surface area contributed by atoms with E-state index in [0.29, 0.717) is 6.42 Å². The Balaban J connectivity index is 4.57. The van der Waals surface area contributed by atoms with Gasteiger partial charge in [0.1, 0.15) is 12.7 Å². The molecule has 38 heavy (non-hydrogen) atoms. The van der Waals surface area contributed by atoms with Crippen LogP contribution in [-0.2, 0) is 32.7 Å². The Morgan fingerprint density at radius 3 is 2.00 bits per heavy atom. The summed E-state index contributed by atoms with van der Waals surface area (Å²) in [5.74, 6) is -1.04. The molecule has 0 amide bonds. The van der Waals surface area contributed by atoms with E-state index in [4.69, 9.17) is 19.1 Å². The lowest BCUT2D eigenvalue weighted by Crippen LogP contribution is -2.29. The first-order valence-electron chi connectivity index (χ1n) is 14.1. The van der Waals surface area contributed by atoms with Crippen LogP contribution in [0.15, 0.2) is 12.2 Å². The number of phosphoric ester groups is 1. The fourth-order valence-electron chi connectivity index (χ4n) is 3.44. The minimum Gasteiger partial charge on any atom is -0.461 e. The highest BCUT2D eigenvalue weighted by molar-refractivity contribution is 7.47. The van der Waals surface area contributed by atoms with E-state index in [-0.39, 0.29) is 19.4 Å². The number of rotatable bonds is 26. The Hall–Kier alpha value is -1.29. The Labute approximate surface area is 228 Å². The minimum absolute atomic E-state index is 0.0622. The third kappa shape index (κ3) is 23.8. The summed E-state index contributed by atoms with van der Waals surface area (Å²) in [6.07, 6.45) is 15.5. The number of hydrogen-bond acceptors (Lipinski definition) is 9. The molecule has 10 nitrogen and oxygen atoms in total. The number of allylic oxidation sites excluding steroid dienone is 1. The molecule has 0 aliphatic carbocycles. The second-order valence-electron chi connectivity index (χ2n) is 9.44. The third-order valence-electron chi connectivity index (χ3n) is 5.70. The maximum absolute atomic E-state index is 12.3. The van der Waals surface area contributed by atoms with Crippen molar-refractivity contribution >= 4 is 19.8 Å². The van der Waals surface area contributed by atoms with E-state index in [9.17, 15) is 24.2 Å². The molecule has 224 valence electrons. The molecule has 0 fully saturated rings. The lowest BCUT2D eigenvalue weighted by Gasteiger charge is -2.20. The zero-order valence-corrected chi connectivity index (χ0v) is 24.3. The number of aliphatic hydroxyl groups is 2. The van der Waals surface area contributed by atoms with Crippen LogP contribution < -0.4 is 0 Å². The van der Waals surface area contributed by atoms with Gasteiger partial charge in [-0.15, -0.1) is 0 Å². The molecule has 0 aromatic rings. The predicted molar refractivity (Wildman–Crippen MR) is 145 cm³/mol. The molecule has 0 bridgehead atoms. The molecular formula is C27H51O10P. The number of aliphatic hydroxyl groups excluding tert-OH is 2. The normalized spacial score (nSPS) is 14.8. The van der Waals surface area contributed by atoms with Crippen LogP contribution in [0.25, 0.3) is 0 Å². The van der Waals surface area contributed by atoms with Crippen LogP contribution in [0.2, 0.25) is 0 Å². The van der Waals surface area contributed by atoms with Gasteiger partial charge < -0.3 is 24.6 Å². The maximum atomic E-state index is 12.3. The van der Waals surface area contributed by atoms with Gasteiger partial charge in [-0.05, 0) is 19.3 Å². The van der Waals surface area contributed by atoms with Gasteiger partial charge in [0, 0.05) is 6.42 Å². The predicted octanol–water partition coefficient (Wildman–Crippen LogP) is 5.38. The zero-order chi connectivity index (χ0) is 28.5. The number of hydrogen-bond donors (Lipinski definition) is 3. The average Bonchev–Trinajstić information content (AvgIpc) is 2.89. The van der Waals surface area contributed by atoms with E-state index >= 15 is 0 Å². The number of carbonyl (C=O) groups excluding carboxylic acids is 2. The van der Waals surface area contributed by atoms with Crippen molar-refractivity contribution in [2.24, 2.45) is 0 Å². The Kier molecular flexibility index (Phi) is 23.9. The van der Waals surface area contributed by atoms with Crippen molar-refractivity contribution in [1.29, 1.82) is 0 Å². The number of carbonyl (C=O) groups is 2. The van der Waals surface area contributed by atoms with E-state index < -0.39 is 51.8 Å². The molecule has 0 saturated carbocycles. The van der Waals surface area contributed by atoms with Crippen LogP contribution >= 0.6 is 7.82 Å². The highest BCUT2D eigenvalue weighted by atomic mass is 31.2. The molecule has 0 rings (SSSR count). The van der Waals surface area contributed by atoms with Crippen LogP contribution in [0.4, 0.5) is 0 Å². The van der Waals surface area contributed by atoms with Crippen molar-refractivity contribution < 1.29 is 47.8 Å². The summed E-state index contributed by atoms with van der Waals surface area (Å²) >= 11 is 0. The van der Waals surface area contributed by atoms with E-state index in [1.807, 2.05) is 6.08 Å². The largest absolute Gasteiger partial charge is 0.472 e. The molecule has 0 heterocycles. The molecule has 3 atom stereocenters. The van der Waals surface area contributed by atoms with Crippen LogP contribution in [0.3, 0.4) is 0 Å². The molecule has 0 aliphatic rings. The highest BCUT2D eigenvalue weighted by Gasteiger charge is 2.27. The second-order valence-corrected chi connectivity index (χ2v) is 10.9. The first kappa shape index (κ1) is 36.7. The lowest BCUT2D eigenvalue weighted by atomic mass is 10.1. The lowest BCUT2D eigenvalue weighted by molar-refractivity contribution is -0.160. The smallest absolute Gasteiger partial charge is 0.461 e. The van der Waals surface area contributed by atoms with Gasteiger partial charge in [-0.1, -0.05) is 90.2 Å². The highest BCUT2D eigenvalue weighted by Crippen LogP contribution is 2.43. The molecule has 0 spiro atoms. The van der Waals surface area contributed by atoms with E-state index in [2.05, 4.69) is 18.4 Å². The van der Waals surface area contributed by atoms with Gasteiger partial charge >= 0.3 is 19.8 Å². The van der Waals surface area contributed by atoms with Crippen LogP contribution in [0.5, 0.6) is 0 Å². The standard InChI is InChI=1S/C27H51O10P/c1-3-5-7-9-11-12-13-15-17-19-27(31)37-25(23-36-38(32,33)35-21-24(29)20-28)22-34-26(30)18-16-14-10-8-6-4-2/h14,16,24-25,28-29H,3-13,15,17-23H2,1-2H3,(H,32,33)/b16-14-/t24-,25+/m0/s1. The van der Waals surface area contributed by atoms with E-state index in [1.54, 1.807) is 6.08 Å².